The predicted octanol–water partition coefficient (Wildman–Crippen LogP) is 3.42. The van der Waals surface area contributed by atoms with E-state index in [1.807, 2.05) is 13.0 Å². The molecular weight excluding hydrogens is 176 g/mol. The molecule has 0 N–H and O–H groups in total. The molecule has 0 aromatic heterocycles. The van der Waals surface area contributed by atoms with Crippen molar-refractivity contribution in [2.75, 3.05) is 0 Å². The van der Waals surface area contributed by atoms with Gasteiger partial charge >= 0.3 is 0 Å². The van der Waals surface area contributed by atoms with Crippen LogP contribution in [0.1, 0.15) is 13.3 Å². The fourth-order valence-electron chi connectivity index (χ4n) is 0.355. The first-order chi connectivity index (χ1) is 4.16. The molecule has 0 saturated heterocycles. The lowest BCUT2D eigenvalue weighted by Crippen LogP contribution is -1.68. The van der Waals surface area contributed by atoms with Gasteiger partial charge in [0.2, 0.25) is 0 Å². The van der Waals surface area contributed by atoms with Crippen molar-refractivity contribution in [1.29, 1.82) is 0 Å². The molecule has 0 amide bonds. The molecule has 0 aliphatic carbocycles. The quantitative estimate of drug-likeness (QED) is 0.469. The SMILES string of the molecule is C=C/C(Br)=C\CC(=C)C. The molecule has 0 aliphatic rings. The zero-order valence-corrected chi connectivity index (χ0v) is 7.24. The summed E-state index contributed by atoms with van der Waals surface area (Å²) in [7, 11) is 0. The first kappa shape index (κ1) is 8.70. The van der Waals surface area contributed by atoms with Crippen molar-refractivity contribution in [3.63, 3.8) is 0 Å². The normalized spacial score (nSPS) is 11.1. The first-order valence-corrected chi connectivity index (χ1v) is 3.58. The van der Waals surface area contributed by atoms with Gasteiger partial charge in [0.1, 0.15) is 0 Å². The van der Waals surface area contributed by atoms with Crippen molar-refractivity contribution in [3.8, 4) is 0 Å². The molecule has 0 radical (unpaired) electrons. The number of rotatable bonds is 3. The second kappa shape index (κ2) is 4.57. The van der Waals surface area contributed by atoms with Crippen LogP contribution >= 0.6 is 15.9 Å². The molecule has 1 heteroatoms. The van der Waals surface area contributed by atoms with Crippen LogP contribution in [0.4, 0.5) is 0 Å². The van der Waals surface area contributed by atoms with Gasteiger partial charge < -0.3 is 0 Å². The summed E-state index contributed by atoms with van der Waals surface area (Å²) in [5.74, 6) is 0. The molecule has 0 spiro atoms. The van der Waals surface area contributed by atoms with Crippen molar-refractivity contribution in [2.24, 2.45) is 0 Å². The van der Waals surface area contributed by atoms with Crippen LogP contribution in [0.15, 0.2) is 35.4 Å². The van der Waals surface area contributed by atoms with Crippen LogP contribution in [0.25, 0.3) is 0 Å². The van der Waals surface area contributed by atoms with Gasteiger partial charge in [-0.25, -0.2) is 0 Å². The fraction of sp³-hybridized carbons (Fsp3) is 0.250. The molecule has 50 valence electrons. The Bertz CT molecular complexity index is 143. The van der Waals surface area contributed by atoms with Crippen molar-refractivity contribution >= 4 is 15.9 Å². The smallest absolute Gasteiger partial charge is 0.0132 e. The Balaban J connectivity index is 3.69. The third-order valence-electron chi connectivity index (χ3n) is 0.841. The van der Waals surface area contributed by atoms with Gasteiger partial charge in [0.05, 0.1) is 0 Å². The molecule has 0 unspecified atom stereocenters. The maximum absolute atomic E-state index is 3.76. The highest BCUT2D eigenvalue weighted by Crippen LogP contribution is 2.08. The molecule has 0 fully saturated rings. The monoisotopic (exact) mass is 186 g/mol. The minimum Gasteiger partial charge on any atom is -0.0998 e. The van der Waals surface area contributed by atoms with E-state index in [4.69, 9.17) is 0 Å². The lowest BCUT2D eigenvalue weighted by Gasteiger charge is -1.89. The van der Waals surface area contributed by atoms with E-state index < -0.39 is 0 Å². The van der Waals surface area contributed by atoms with Gasteiger partial charge in [-0.15, -0.1) is 0 Å². The lowest BCUT2D eigenvalue weighted by molar-refractivity contribution is 1.23. The van der Waals surface area contributed by atoms with E-state index in [2.05, 4.69) is 29.1 Å². The van der Waals surface area contributed by atoms with Crippen molar-refractivity contribution in [2.45, 2.75) is 13.3 Å². The maximum atomic E-state index is 3.76. The standard InChI is InChI=1S/C8H11Br/c1-4-8(9)6-5-7(2)3/h4,6H,1-2,5H2,3H3/b8-6+. The van der Waals surface area contributed by atoms with Crippen LogP contribution in [-0.4, -0.2) is 0 Å². The molecule has 0 saturated carbocycles. The van der Waals surface area contributed by atoms with E-state index in [1.165, 1.54) is 0 Å². The van der Waals surface area contributed by atoms with Crippen molar-refractivity contribution in [1.82, 2.24) is 0 Å². The van der Waals surface area contributed by atoms with Gasteiger partial charge in [-0.1, -0.05) is 46.8 Å². The van der Waals surface area contributed by atoms with Gasteiger partial charge in [0.25, 0.3) is 0 Å². The van der Waals surface area contributed by atoms with Crippen LogP contribution in [0.2, 0.25) is 0 Å². The van der Waals surface area contributed by atoms with E-state index in [1.54, 1.807) is 6.08 Å². The zero-order valence-electron chi connectivity index (χ0n) is 5.65. The number of hydrogen-bond acceptors (Lipinski definition) is 0. The molecular formula is C8H11Br. The van der Waals surface area contributed by atoms with Crippen LogP contribution in [0, 0.1) is 0 Å². The topological polar surface area (TPSA) is 0 Å². The summed E-state index contributed by atoms with van der Waals surface area (Å²) in [6.45, 7) is 9.36. The predicted molar refractivity (Wildman–Crippen MR) is 46.6 cm³/mol. The summed E-state index contributed by atoms with van der Waals surface area (Å²) in [4.78, 5) is 0. The van der Waals surface area contributed by atoms with Gasteiger partial charge in [-0.3, -0.25) is 0 Å². The number of hydrogen-bond donors (Lipinski definition) is 0. The highest BCUT2D eigenvalue weighted by Gasteiger charge is 1.82. The van der Waals surface area contributed by atoms with Crippen molar-refractivity contribution < 1.29 is 0 Å². The Morgan fingerprint density at radius 2 is 2.22 bits per heavy atom. The Hall–Kier alpha value is -0.300. The minimum atomic E-state index is 0.923. The first-order valence-electron chi connectivity index (χ1n) is 2.79. The van der Waals surface area contributed by atoms with Gasteiger partial charge in [0, 0.05) is 4.48 Å². The fourth-order valence-corrected chi connectivity index (χ4v) is 0.517. The highest BCUT2D eigenvalue weighted by atomic mass is 79.9. The largest absolute Gasteiger partial charge is 0.0998 e. The second-order valence-corrected chi connectivity index (χ2v) is 2.87. The summed E-state index contributed by atoms with van der Waals surface area (Å²) < 4.78 is 1.03. The van der Waals surface area contributed by atoms with Crippen LogP contribution in [0.5, 0.6) is 0 Å². The van der Waals surface area contributed by atoms with Crippen LogP contribution < -0.4 is 0 Å². The summed E-state index contributed by atoms with van der Waals surface area (Å²) in [6, 6.07) is 0. The van der Waals surface area contributed by atoms with Crippen molar-refractivity contribution in [3.05, 3.63) is 35.4 Å². The molecule has 9 heavy (non-hydrogen) atoms. The van der Waals surface area contributed by atoms with E-state index in [9.17, 15) is 0 Å². The third-order valence-corrected chi connectivity index (χ3v) is 1.49. The second-order valence-electron chi connectivity index (χ2n) is 1.95. The number of halogens is 1. The molecule has 0 rings (SSSR count). The Morgan fingerprint density at radius 3 is 2.56 bits per heavy atom. The van der Waals surface area contributed by atoms with Gasteiger partial charge in [0.15, 0.2) is 0 Å². The average Bonchev–Trinajstić information content (AvgIpc) is 1.83. The summed E-state index contributed by atoms with van der Waals surface area (Å²) in [5, 5.41) is 0. The third kappa shape index (κ3) is 5.57. The van der Waals surface area contributed by atoms with E-state index in [0.29, 0.717) is 0 Å². The van der Waals surface area contributed by atoms with E-state index in [-0.39, 0.29) is 0 Å². The molecule has 0 aromatic rings. The Kier molecular flexibility index (Phi) is 4.41. The lowest BCUT2D eigenvalue weighted by atomic mass is 10.2. The zero-order chi connectivity index (χ0) is 7.28. The summed E-state index contributed by atoms with van der Waals surface area (Å²) >= 11 is 3.31. The minimum absolute atomic E-state index is 0.923. The highest BCUT2D eigenvalue weighted by molar-refractivity contribution is 9.11. The van der Waals surface area contributed by atoms with Crippen LogP contribution in [-0.2, 0) is 0 Å². The van der Waals surface area contributed by atoms with Crippen LogP contribution in [0.3, 0.4) is 0 Å². The number of allylic oxidation sites excluding steroid dienone is 4. The maximum Gasteiger partial charge on any atom is 0.0132 e. The van der Waals surface area contributed by atoms with Gasteiger partial charge in [-0.2, -0.15) is 0 Å². The van der Waals surface area contributed by atoms with E-state index in [0.717, 1.165) is 16.5 Å². The molecule has 0 aliphatic heterocycles. The summed E-state index contributed by atoms with van der Waals surface area (Å²) in [5.41, 5.74) is 1.16. The van der Waals surface area contributed by atoms with E-state index >= 15 is 0 Å². The Morgan fingerprint density at radius 1 is 1.67 bits per heavy atom. The van der Waals surface area contributed by atoms with Gasteiger partial charge in [-0.05, 0) is 13.3 Å². The molecule has 0 nitrogen and oxygen atoms in total. The molecule has 0 bridgehead atoms. The molecule has 0 atom stereocenters. The summed E-state index contributed by atoms with van der Waals surface area (Å²) in [6.07, 6.45) is 4.73. The molecule has 0 aromatic carbocycles. The Labute approximate surface area is 65.1 Å². The average molecular weight is 187 g/mol. The molecule has 0 heterocycles.